The molecule has 5 nitrogen and oxygen atoms in total. The number of halogens is 3. The number of para-hydroxylation sites is 1. The molecule has 8 heteroatoms. The molecular formula is C16H21F3N2O3. The molecule has 0 unspecified atom stereocenters. The average Bonchev–Trinajstić information content (AvgIpc) is 2.48. The molecule has 0 aromatic heterocycles. The van der Waals surface area contributed by atoms with E-state index < -0.39 is 24.5 Å². The van der Waals surface area contributed by atoms with Crippen molar-refractivity contribution in [1.29, 1.82) is 0 Å². The van der Waals surface area contributed by atoms with E-state index in [0.717, 1.165) is 0 Å². The lowest BCUT2D eigenvalue weighted by Gasteiger charge is -2.21. The van der Waals surface area contributed by atoms with Crippen molar-refractivity contribution in [2.75, 3.05) is 20.7 Å². The fraction of sp³-hybridized carbons (Fsp3) is 0.500. The smallest absolute Gasteiger partial charge is 0.397 e. The van der Waals surface area contributed by atoms with Gasteiger partial charge >= 0.3 is 6.18 Å². The average molecular weight is 346 g/mol. The Bertz CT molecular complexity index is 574. The Kier molecular flexibility index (Phi) is 7.06. The van der Waals surface area contributed by atoms with Gasteiger partial charge in [0.05, 0.1) is 6.04 Å². The van der Waals surface area contributed by atoms with Crippen LogP contribution in [0.5, 0.6) is 5.75 Å². The van der Waals surface area contributed by atoms with Gasteiger partial charge in [-0.2, -0.15) is 13.2 Å². The number of carbonyl (C=O) groups is 2. The summed E-state index contributed by atoms with van der Waals surface area (Å²) in [6.45, 7) is 1.54. The maximum Gasteiger partial charge on any atom is 0.397 e. The van der Waals surface area contributed by atoms with E-state index in [1.807, 2.05) is 0 Å². The summed E-state index contributed by atoms with van der Waals surface area (Å²) in [5, 5.41) is 2.36. The molecule has 1 N–H and O–H groups in total. The van der Waals surface area contributed by atoms with Gasteiger partial charge in [0, 0.05) is 19.7 Å². The zero-order chi connectivity index (χ0) is 18.3. The number of alkyl halides is 3. The first kappa shape index (κ1) is 19.8. The van der Waals surface area contributed by atoms with Crippen molar-refractivity contribution in [3.05, 3.63) is 29.8 Å². The first-order valence-corrected chi connectivity index (χ1v) is 7.42. The number of carbonyl (C=O) groups excluding carboxylic acids is 2. The zero-order valence-corrected chi connectivity index (χ0v) is 13.8. The summed E-state index contributed by atoms with van der Waals surface area (Å²) in [6, 6.07) is 6.00. The molecule has 0 aliphatic heterocycles. The minimum atomic E-state index is -4.56. The molecule has 0 saturated carbocycles. The van der Waals surface area contributed by atoms with E-state index in [1.54, 1.807) is 45.3 Å². The van der Waals surface area contributed by atoms with E-state index >= 15 is 0 Å². The minimum Gasteiger partial charge on any atom is -0.483 e. The number of hydrogen-bond donors (Lipinski definition) is 1. The Morgan fingerprint density at radius 1 is 1.25 bits per heavy atom. The highest BCUT2D eigenvalue weighted by Gasteiger charge is 2.32. The molecule has 1 aromatic rings. The van der Waals surface area contributed by atoms with E-state index in [1.165, 1.54) is 4.90 Å². The molecule has 24 heavy (non-hydrogen) atoms. The molecule has 1 rings (SSSR count). The van der Waals surface area contributed by atoms with Crippen LogP contribution in [-0.4, -0.2) is 43.6 Å². The van der Waals surface area contributed by atoms with Gasteiger partial charge in [-0.25, -0.2) is 0 Å². The summed E-state index contributed by atoms with van der Waals surface area (Å²) in [6.07, 6.45) is -5.71. The van der Waals surface area contributed by atoms with Gasteiger partial charge in [-0.15, -0.1) is 0 Å². The molecule has 0 fully saturated rings. The van der Waals surface area contributed by atoms with Crippen LogP contribution in [0, 0.1) is 0 Å². The second-order valence-corrected chi connectivity index (χ2v) is 5.43. The van der Waals surface area contributed by atoms with Gasteiger partial charge in [-0.3, -0.25) is 9.59 Å². The third-order valence-corrected chi connectivity index (χ3v) is 3.25. The second-order valence-electron chi connectivity index (χ2n) is 5.43. The number of nitrogens with zero attached hydrogens (tertiary/aromatic N) is 1. The highest BCUT2D eigenvalue weighted by atomic mass is 19.4. The Balaban J connectivity index is 2.85. The van der Waals surface area contributed by atoms with E-state index in [4.69, 9.17) is 4.74 Å². The molecular weight excluding hydrogens is 325 g/mol. The van der Waals surface area contributed by atoms with Gasteiger partial charge in [0.2, 0.25) is 5.91 Å². The third-order valence-electron chi connectivity index (χ3n) is 3.25. The molecule has 0 bridgehead atoms. The van der Waals surface area contributed by atoms with Crippen LogP contribution >= 0.6 is 0 Å². The van der Waals surface area contributed by atoms with Crippen molar-refractivity contribution in [2.24, 2.45) is 0 Å². The maximum atomic E-state index is 12.3. The zero-order valence-electron chi connectivity index (χ0n) is 13.8. The summed E-state index contributed by atoms with van der Waals surface area (Å²) in [4.78, 5) is 24.5. The van der Waals surface area contributed by atoms with E-state index in [-0.39, 0.29) is 12.5 Å². The molecule has 0 radical (unpaired) electrons. The number of rotatable bonds is 7. The Hall–Kier alpha value is -2.25. The van der Waals surface area contributed by atoms with Crippen LogP contribution in [0.2, 0.25) is 0 Å². The van der Waals surface area contributed by atoms with Crippen molar-refractivity contribution in [3.8, 4) is 5.75 Å². The molecule has 0 heterocycles. The molecule has 0 aliphatic rings. The van der Waals surface area contributed by atoms with Crippen molar-refractivity contribution >= 4 is 11.8 Å². The first-order chi connectivity index (χ1) is 11.1. The second kappa shape index (κ2) is 8.56. The van der Waals surface area contributed by atoms with Crippen molar-refractivity contribution in [1.82, 2.24) is 10.2 Å². The predicted octanol–water partition coefficient (Wildman–Crippen LogP) is 2.67. The standard InChI is InChI=1S/C16H21F3N2O3/c1-4-12(20-14(22)9-16(17,18)19)11-7-5-6-8-13(11)24-10-15(23)21(2)3/h5-8,12H,4,9-10H2,1-3H3,(H,20,22)/t12-/m1/s1. The Morgan fingerprint density at radius 3 is 2.42 bits per heavy atom. The summed E-state index contributed by atoms with van der Waals surface area (Å²) < 4.78 is 42.4. The van der Waals surface area contributed by atoms with Crippen LogP contribution < -0.4 is 10.1 Å². The number of nitrogens with one attached hydrogen (secondary N) is 1. The van der Waals surface area contributed by atoms with Gasteiger partial charge < -0.3 is 15.0 Å². The van der Waals surface area contributed by atoms with Crippen molar-refractivity contribution in [2.45, 2.75) is 32.0 Å². The topological polar surface area (TPSA) is 58.6 Å². The number of likely N-dealkylation sites (N-methyl/N-ethyl adjacent to an activating group) is 1. The minimum absolute atomic E-state index is 0.197. The highest BCUT2D eigenvalue weighted by molar-refractivity contribution is 5.78. The number of amides is 2. The fourth-order valence-electron chi connectivity index (χ4n) is 2.00. The van der Waals surface area contributed by atoms with Gasteiger partial charge in [0.25, 0.3) is 5.91 Å². The molecule has 0 saturated heterocycles. The lowest BCUT2D eigenvalue weighted by atomic mass is 10.0. The fourth-order valence-corrected chi connectivity index (χ4v) is 2.00. The highest BCUT2D eigenvalue weighted by Crippen LogP contribution is 2.28. The molecule has 2 amide bonds. The third kappa shape index (κ3) is 6.47. The summed E-state index contributed by atoms with van der Waals surface area (Å²) in [7, 11) is 3.17. The molecule has 0 aliphatic carbocycles. The van der Waals surface area contributed by atoms with Crippen LogP contribution in [-0.2, 0) is 9.59 Å². The predicted molar refractivity (Wildman–Crippen MR) is 82.5 cm³/mol. The first-order valence-electron chi connectivity index (χ1n) is 7.42. The normalized spacial score (nSPS) is 12.4. The van der Waals surface area contributed by atoms with E-state index in [9.17, 15) is 22.8 Å². The van der Waals surface area contributed by atoms with Crippen LogP contribution in [0.3, 0.4) is 0 Å². The maximum absolute atomic E-state index is 12.3. The lowest BCUT2D eigenvalue weighted by molar-refractivity contribution is -0.154. The number of hydrogen-bond acceptors (Lipinski definition) is 3. The molecule has 1 atom stereocenters. The van der Waals surface area contributed by atoms with Crippen LogP contribution in [0.1, 0.15) is 31.4 Å². The van der Waals surface area contributed by atoms with Crippen LogP contribution in [0.4, 0.5) is 13.2 Å². The summed E-state index contributed by atoms with van der Waals surface area (Å²) in [5.74, 6) is -1.00. The summed E-state index contributed by atoms with van der Waals surface area (Å²) >= 11 is 0. The van der Waals surface area contributed by atoms with E-state index in [0.29, 0.717) is 17.7 Å². The summed E-state index contributed by atoms with van der Waals surface area (Å²) in [5.41, 5.74) is 0.530. The van der Waals surface area contributed by atoms with Crippen molar-refractivity contribution < 1.29 is 27.5 Å². The largest absolute Gasteiger partial charge is 0.483 e. The van der Waals surface area contributed by atoms with Gasteiger partial charge in [0.1, 0.15) is 12.2 Å². The van der Waals surface area contributed by atoms with Gasteiger partial charge in [-0.05, 0) is 12.5 Å². The quantitative estimate of drug-likeness (QED) is 0.826. The number of benzene rings is 1. The van der Waals surface area contributed by atoms with Crippen LogP contribution in [0.25, 0.3) is 0 Å². The molecule has 134 valence electrons. The lowest BCUT2D eigenvalue weighted by Crippen LogP contribution is -2.32. The van der Waals surface area contributed by atoms with E-state index in [2.05, 4.69) is 5.32 Å². The van der Waals surface area contributed by atoms with Gasteiger partial charge in [-0.1, -0.05) is 25.1 Å². The van der Waals surface area contributed by atoms with Gasteiger partial charge in [0.15, 0.2) is 6.61 Å². The van der Waals surface area contributed by atoms with Crippen molar-refractivity contribution in [3.63, 3.8) is 0 Å². The molecule has 0 spiro atoms. The SMILES string of the molecule is CC[C@@H](NC(=O)CC(F)(F)F)c1ccccc1OCC(=O)N(C)C. The Labute approximate surface area is 138 Å². The Morgan fingerprint density at radius 2 is 1.88 bits per heavy atom. The molecule has 1 aromatic carbocycles. The monoisotopic (exact) mass is 346 g/mol. The number of ether oxygens (including phenoxy) is 1. The van der Waals surface area contributed by atoms with Crippen LogP contribution in [0.15, 0.2) is 24.3 Å².